The first kappa shape index (κ1) is 17.9. The highest BCUT2D eigenvalue weighted by Gasteiger charge is 2.07. The van der Waals surface area contributed by atoms with Gasteiger partial charge in [-0.15, -0.1) is 0 Å². The van der Waals surface area contributed by atoms with Gasteiger partial charge in [0.2, 0.25) is 5.91 Å². The van der Waals surface area contributed by atoms with Crippen LogP contribution in [-0.2, 0) is 4.79 Å². The van der Waals surface area contributed by atoms with Crippen LogP contribution in [-0.4, -0.2) is 19.1 Å². The highest BCUT2D eigenvalue weighted by atomic mass is 16.5. The number of nitrogens with one attached hydrogen (secondary N) is 1. The van der Waals surface area contributed by atoms with Gasteiger partial charge in [0, 0.05) is 12.1 Å². The number of carbonyl (C=O) groups is 1. The van der Waals surface area contributed by atoms with Crippen molar-refractivity contribution in [2.75, 3.05) is 18.5 Å². The normalized spacial score (nSPS) is 10.3. The van der Waals surface area contributed by atoms with Crippen LogP contribution >= 0.6 is 0 Å². The number of anilines is 1. The Morgan fingerprint density at radius 1 is 1.04 bits per heavy atom. The fraction of sp³-hybridized carbons (Fsp3) is 0.350. The molecule has 0 saturated carbocycles. The Kier molecular flexibility index (Phi) is 6.67. The average Bonchev–Trinajstić information content (AvgIpc) is 2.56. The third-order valence-corrected chi connectivity index (χ3v) is 3.62. The van der Waals surface area contributed by atoms with Crippen molar-refractivity contribution >= 4 is 11.6 Å². The Balaban J connectivity index is 1.78. The predicted molar refractivity (Wildman–Crippen MR) is 96.9 cm³/mol. The number of ether oxygens (including phenoxy) is 2. The lowest BCUT2D eigenvalue weighted by molar-refractivity contribution is -0.116. The molecule has 0 bridgehead atoms. The zero-order chi connectivity index (χ0) is 17.4. The monoisotopic (exact) mass is 327 g/mol. The van der Waals surface area contributed by atoms with Gasteiger partial charge in [0.1, 0.15) is 0 Å². The molecule has 0 heterocycles. The first-order chi connectivity index (χ1) is 11.6. The summed E-state index contributed by atoms with van der Waals surface area (Å²) in [6, 6.07) is 13.6. The van der Waals surface area contributed by atoms with E-state index in [9.17, 15) is 4.79 Å². The summed E-state index contributed by atoms with van der Waals surface area (Å²) in [5.41, 5.74) is 3.07. The van der Waals surface area contributed by atoms with E-state index in [1.54, 1.807) is 0 Å². The number of aryl methyl sites for hydroxylation is 2. The van der Waals surface area contributed by atoms with E-state index in [2.05, 4.69) is 5.32 Å². The molecule has 1 amide bonds. The number of carbonyl (C=O) groups excluding carboxylic acids is 1. The van der Waals surface area contributed by atoms with Crippen LogP contribution < -0.4 is 14.8 Å². The molecular weight excluding hydrogens is 302 g/mol. The third kappa shape index (κ3) is 5.30. The number of rotatable bonds is 8. The molecule has 0 aliphatic carbocycles. The Bertz CT molecular complexity index is 682. The molecule has 0 spiro atoms. The van der Waals surface area contributed by atoms with Crippen molar-refractivity contribution in [2.24, 2.45) is 0 Å². The summed E-state index contributed by atoms with van der Waals surface area (Å²) in [5, 5.41) is 2.96. The molecule has 2 aromatic carbocycles. The second kappa shape index (κ2) is 8.96. The minimum Gasteiger partial charge on any atom is -0.490 e. The summed E-state index contributed by atoms with van der Waals surface area (Å²) in [7, 11) is 0. The maximum absolute atomic E-state index is 12.1. The maximum atomic E-state index is 12.1. The molecule has 0 fully saturated rings. The molecule has 1 N–H and O–H groups in total. The lowest BCUT2D eigenvalue weighted by atomic mass is 10.1. The number of hydrogen-bond acceptors (Lipinski definition) is 3. The minimum absolute atomic E-state index is 0.00499. The van der Waals surface area contributed by atoms with Gasteiger partial charge in [-0.3, -0.25) is 4.79 Å². The van der Waals surface area contributed by atoms with Gasteiger partial charge in [-0.25, -0.2) is 0 Å². The first-order valence-electron chi connectivity index (χ1n) is 8.32. The Hall–Kier alpha value is -2.49. The van der Waals surface area contributed by atoms with Crippen LogP contribution in [0.25, 0.3) is 0 Å². The lowest BCUT2D eigenvalue weighted by Gasteiger charge is -2.12. The van der Waals surface area contributed by atoms with Gasteiger partial charge in [0.25, 0.3) is 0 Å². The van der Waals surface area contributed by atoms with Crippen molar-refractivity contribution < 1.29 is 14.3 Å². The van der Waals surface area contributed by atoms with Crippen LogP contribution in [0.4, 0.5) is 5.69 Å². The molecule has 0 radical (unpaired) electrons. The van der Waals surface area contributed by atoms with Gasteiger partial charge in [0.05, 0.1) is 13.2 Å². The molecular formula is C20H25NO3. The first-order valence-corrected chi connectivity index (χ1v) is 8.32. The molecule has 24 heavy (non-hydrogen) atoms. The molecule has 0 aliphatic heterocycles. The van der Waals surface area contributed by atoms with Gasteiger partial charge in [-0.2, -0.15) is 0 Å². The summed E-state index contributed by atoms with van der Waals surface area (Å²) in [6.07, 6.45) is 1.07. The molecule has 0 unspecified atom stereocenters. The van der Waals surface area contributed by atoms with E-state index in [4.69, 9.17) is 9.47 Å². The SMILES string of the molecule is CCOc1ccccc1OCCCC(=O)Nc1cc(C)ccc1C. The van der Waals surface area contributed by atoms with Crippen LogP contribution in [0.2, 0.25) is 0 Å². The van der Waals surface area contributed by atoms with Gasteiger partial charge in [-0.05, 0) is 56.5 Å². The van der Waals surface area contributed by atoms with Crippen molar-refractivity contribution in [3.63, 3.8) is 0 Å². The van der Waals surface area contributed by atoms with Crippen LogP contribution in [0, 0.1) is 13.8 Å². The predicted octanol–water partition coefficient (Wildman–Crippen LogP) is 4.50. The van der Waals surface area contributed by atoms with Gasteiger partial charge in [0.15, 0.2) is 11.5 Å². The third-order valence-electron chi connectivity index (χ3n) is 3.62. The summed E-state index contributed by atoms with van der Waals surface area (Å²) in [6.45, 7) is 7.01. The van der Waals surface area contributed by atoms with Crippen molar-refractivity contribution in [3.8, 4) is 11.5 Å². The average molecular weight is 327 g/mol. The van der Waals surface area contributed by atoms with E-state index in [0.717, 1.165) is 22.6 Å². The summed E-state index contributed by atoms with van der Waals surface area (Å²) >= 11 is 0. The van der Waals surface area contributed by atoms with Gasteiger partial charge < -0.3 is 14.8 Å². The van der Waals surface area contributed by atoms with Gasteiger partial charge in [-0.1, -0.05) is 24.3 Å². The topological polar surface area (TPSA) is 47.6 Å². The van der Waals surface area contributed by atoms with Crippen molar-refractivity contribution in [3.05, 3.63) is 53.6 Å². The van der Waals surface area contributed by atoms with Gasteiger partial charge >= 0.3 is 0 Å². The van der Waals surface area contributed by atoms with Crippen LogP contribution in [0.15, 0.2) is 42.5 Å². The van der Waals surface area contributed by atoms with Crippen LogP contribution in [0.5, 0.6) is 11.5 Å². The van der Waals surface area contributed by atoms with E-state index in [0.29, 0.717) is 31.8 Å². The fourth-order valence-electron chi connectivity index (χ4n) is 2.34. The minimum atomic E-state index is 0.00499. The van der Waals surface area contributed by atoms with Crippen molar-refractivity contribution in [2.45, 2.75) is 33.6 Å². The number of hydrogen-bond donors (Lipinski definition) is 1. The zero-order valence-corrected chi connectivity index (χ0v) is 14.6. The molecule has 0 aromatic heterocycles. The molecule has 128 valence electrons. The largest absolute Gasteiger partial charge is 0.490 e. The van der Waals surface area contributed by atoms with E-state index in [1.165, 1.54) is 0 Å². The summed E-state index contributed by atoms with van der Waals surface area (Å²) in [4.78, 5) is 12.1. The zero-order valence-electron chi connectivity index (χ0n) is 14.6. The van der Waals surface area contributed by atoms with E-state index < -0.39 is 0 Å². The van der Waals surface area contributed by atoms with Crippen molar-refractivity contribution in [1.82, 2.24) is 0 Å². The highest BCUT2D eigenvalue weighted by molar-refractivity contribution is 5.91. The Morgan fingerprint density at radius 3 is 2.46 bits per heavy atom. The molecule has 2 aromatic rings. The molecule has 0 atom stereocenters. The fourth-order valence-corrected chi connectivity index (χ4v) is 2.34. The lowest BCUT2D eigenvalue weighted by Crippen LogP contribution is -2.13. The van der Waals surface area contributed by atoms with E-state index in [1.807, 2.05) is 63.2 Å². The Morgan fingerprint density at radius 2 is 1.75 bits per heavy atom. The summed E-state index contributed by atoms with van der Waals surface area (Å²) < 4.78 is 11.2. The van der Waals surface area contributed by atoms with E-state index in [-0.39, 0.29) is 5.91 Å². The van der Waals surface area contributed by atoms with Crippen LogP contribution in [0.1, 0.15) is 30.9 Å². The number of para-hydroxylation sites is 2. The number of amides is 1. The van der Waals surface area contributed by atoms with E-state index >= 15 is 0 Å². The number of benzene rings is 2. The second-order valence-electron chi connectivity index (χ2n) is 5.70. The maximum Gasteiger partial charge on any atom is 0.224 e. The Labute approximate surface area is 143 Å². The van der Waals surface area contributed by atoms with Crippen molar-refractivity contribution in [1.29, 1.82) is 0 Å². The smallest absolute Gasteiger partial charge is 0.224 e. The highest BCUT2D eigenvalue weighted by Crippen LogP contribution is 2.26. The quantitative estimate of drug-likeness (QED) is 0.726. The summed E-state index contributed by atoms with van der Waals surface area (Å²) in [5.74, 6) is 1.46. The molecule has 0 saturated heterocycles. The molecule has 0 aliphatic rings. The molecule has 4 nitrogen and oxygen atoms in total. The second-order valence-corrected chi connectivity index (χ2v) is 5.70. The standard InChI is InChI=1S/C20H25NO3/c1-4-23-18-8-5-6-9-19(18)24-13-7-10-20(22)21-17-14-15(2)11-12-16(17)3/h5-6,8-9,11-12,14H,4,7,10,13H2,1-3H3,(H,21,22). The molecule has 4 heteroatoms. The van der Waals surface area contributed by atoms with Crippen LogP contribution in [0.3, 0.4) is 0 Å². The molecule has 2 rings (SSSR count).